The van der Waals surface area contributed by atoms with Crippen molar-refractivity contribution < 1.29 is 30.9 Å². The van der Waals surface area contributed by atoms with Crippen LogP contribution in [0.5, 0.6) is 0 Å². The summed E-state index contributed by atoms with van der Waals surface area (Å²) in [6.45, 7) is -0.199. The van der Waals surface area contributed by atoms with Crippen LogP contribution in [0.15, 0.2) is 47.4 Å². The molecule has 0 bridgehead atoms. The van der Waals surface area contributed by atoms with Crippen LogP contribution in [0.4, 0.5) is 13.2 Å². The molecule has 1 saturated heterocycles. The molecule has 1 aromatic carbocycles. The van der Waals surface area contributed by atoms with Gasteiger partial charge < -0.3 is 9.42 Å². The van der Waals surface area contributed by atoms with Crippen molar-refractivity contribution in [3.63, 3.8) is 0 Å². The van der Waals surface area contributed by atoms with E-state index in [4.69, 9.17) is 4.52 Å². The highest BCUT2D eigenvalue weighted by Gasteiger charge is 2.46. The average molecular weight is 454 g/mol. The average Bonchev–Trinajstić information content (AvgIpc) is 3.42. The minimum atomic E-state index is -5.48. The van der Waals surface area contributed by atoms with Gasteiger partial charge in [0.1, 0.15) is 6.26 Å². The topological polar surface area (TPSA) is 105 Å². The number of carbonyl (C=O) groups is 1. The quantitative estimate of drug-likeness (QED) is 0.636. The van der Waals surface area contributed by atoms with E-state index in [1.165, 1.54) is 29.6 Å². The zero-order chi connectivity index (χ0) is 22.2. The highest BCUT2D eigenvalue weighted by molar-refractivity contribution is 7.90. The molecule has 1 aliphatic rings. The van der Waals surface area contributed by atoms with Crippen LogP contribution in [0.1, 0.15) is 23.2 Å². The number of likely N-dealkylation sites (tertiary alicyclic amines) is 1. The van der Waals surface area contributed by atoms with Crippen LogP contribution < -0.4 is 4.72 Å². The lowest BCUT2D eigenvalue weighted by atomic mass is 10.0. The fourth-order valence-corrected chi connectivity index (χ4v) is 4.19. The Bertz CT molecular complexity index is 1210. The third-order valence-corrected chi connectivity index (χ3v) is 6.35. The van der Waals surface area contributed by atoms with E-state index in [-0.39, 0.29) is 0 Å². The zero-order valence-corrected chi connectivity index (χ0v) is 16.8. The number of pyridine rings is 1. The molecule has 1 aliphatic heterocycles. The van der Waals surface area contributed by atoms with Gasteiger partial charge in [0.15, 0.2) is 0 Å². The summed E-state index contributed by atoms with van der Waals surface area (Å²) in [4.78, 5) is 18.9. The zero-order valence-electron chi connectivity index (χ0n) is 16.0. The summed E-state index contributed by atoms with van der Waals surface area (Å²) >= 11 is 0. The highest BCUT2D eigenvalue weighted by atomic mass is 32.2. The smallest absolute Gasteiger partial charge is 0.364 e. The van der Waals surface area contributed by atoms with Gasteiger partial charge in [-0.1, -0.05) is 11.2 Å². The Hall–Kier alpha value is -2.99. The molecule has 31 heavy (non-hydrogen) atoms. The van der Waals surface area contributed by atoms with Crippen LogP contribution >= 0.6 is 0 Å². The number of aromatic nitrogens is 2. The molecule has 12 heteroatoms. The number of alkyl halides is 3. The second-order valence-electron chi connectivity index (χ2n) is 7.10. The summed E-state index contributed by atoms with van der Waals surface area (Å²) in [6, 6.07) is 6.17. The first kappa shape index (κ1) is 21.2. The Morgan fingerprint density at radius 3 is 2.77 bits per heavy atom. The normalized spacial score (nSPS) is 17.4. The number of fused-ring (bicyclic) bond motifs is 1. The van der Waals surface area contributed by atoms with Gasteiger partial charge in [0, 0.05) is 36.3 Å². The molecule has 1 amide bonds. The van der Waals surface area contributed by atoms with E-state index in [0.717, 1.165) is 5.56 Å². The van der Waals surface area contributed by atoms with Gasteiger partial charge in [-0.05, 0) is 36.6 Å². The molecule has 2 aromatic heterocycles. The number of rotatable bonds is 5. The summed E-state index contributed by atoms with van der Waals surface area (Å²) in [7, 11) is -5.48. The number of halogens is 3. The maximum absolute atomic E-state index is 13.3. The van der Waals surface area contributed by atoms with E-state index in [1.807, 2.05) is 0 Å². The van der Waals surface area contributed by atoms with Crippen LogP contribution in [0.25, 0.3) is 22.0 Å². The monoisotopic (exact) mass is 454 g/mol. The van der Waals surface area contributed by atoms with Crippen LogP contribution in [-0.2, 0) is 10.0 Å². The number of nitrogens with zero attached hydrogens (tertiary/aromatic N) is 3. The van der Waals surface area contributed by atoms with E-state index in [2.05, 4.69) is 10.1 Å². The minimum absolute atomic E-state index is 0.312. The molecule has 1 atom stereocenters. The van der Waals surface area contributed by atoms with Gasteiger partial charge in [-0.2, -0.15) is 13.2 Å². The summed E-state index contributed by atoms with van der Waals surface area (Å²) < 4.78 is 66.9. The molecule has 0 saturated carbocycles. The molecule has 4 rings (SSSR count). The van der Waals surface area contributed by atoms with E-state index < -0.39 is 34.0 Å². The summed E-state index contributed by atoms with van der Waals surface area (Å²) in [5.74, 6) is -0.399. The van der Waals surface area contributed by atoms with E-state index in [9.17, 15) is 26.4 Å². The first-order valence-corrected chi connectivity index (χ1v) is 10.8. The molecular weight excluding hydrogens is 437 g/mol. The number of hydrogen-bond acceptors (Lipinski definition) is 6. The fourth-order valence-electron chi connectivity index (χ4n) is 3.62. The molecule has 0 unspecified atom stereocenters. The van der Waals surface area contributed by atoms with Crippen molar-refractivity contribution in [2.75, 3.05) is 13.1 Å². The van der Waals surface area contributed by atoms with Gasteiger partial charge in [-0.3, -0.25) is 9.78 Å². The Morgan fingerprint density at radius 1 is 1.26 bits per heavy atom. The molecule has 1 fully saturated rings. The van der Waals surface area contributed by atoms with Crippen molar-refractivity contribution in [2.24, 2.45) is 0 Å². The second-order valence-corrected chi connectivity index (χ2v) is 8.85. The molecule has 0 aliphatic carbocycles. The number of hydrogen-bond donors (Lipinski definition) is 1. The van der Waals surface area contributed by atoms with Crippen LogP contribution in [0.3, 0.4) is 0 Å². The van der Waals surface area contributed by atoms with Gasteiger partial charge in [0.05, 0.1) is 17.3 Å². The van der Waals surface area contributed by atoms with Crippen LogP contribution in [0, 0.1) is 0 Å². The van der Waals surface area contributed by atoms with Crippen molar-refractivity contribution in [1.29, 1.82) is 0 Å². The molecule has 0 radical (unpaired) electrons. The molecular formula is C19H17F3N4O4S. The summed E-state index contributed by atoms with van der Waals surface area (Å²) in [5, 5.41) is 4.23. The van der Waals surface area contributed by atoms with E-state index >= 15 is 0 Å². The van der Waals surface area contributed by atoms with Crippen LogP contribution in [0.2, 0.25) is 0 Å². The van der Waals surface area contributed by atoms with Crippen molar-refractivity contribution in [2.45, 2.75) is 24.4 Å². The predicted molar refractivity (Wildman–Crippen MR) is 104 cm³/mol. The SMILES string of the molecule is O=C(c1ccnc2ccc(-c3cnoc3)cc12)N1CCC[C@H]1CNS(=O)(=O)C(F)(F)F. The fraction of sp³-hybridized carbons (Fsp3) is 0.316. The maximum Gasteiger partial charge on any atom is 0.511 e. The molecule has 1 N–H and O–H groups in total. The number of carbonyl (C=O) groups excluding carboxylic acids is 1. The Labute approximate surface area is 175 Å². The largest absolute Gasteiger partial charge is 0.511 e. The lowest BCUT2D eigenvalue weighted by molar-refractivity contribution is -0.0448. The molecule has 164 valence electrons. The van der Waals surface area contributed by atoms with Crippen molar-refractivity contribution >= 4 is 26.8 Å². The van der Waals surface area contributed by atoms with Crippen LogP contribution in [-0.4, -0.2) is 54.0 Å². The van der Waals surface area contributed by atoms with Gasteiger partial charge >= 0.3 is 15.5 Å². The maximum atomic E-state index is 13.3. The molecule has 0 spiro atoms. The molecule has 3 aromatic rings. The number of sulfonamides is 1. The second kappa shape index (κ2) is 7.93. The van der Waals surface area contributed by atoms with Gasteiger partial charge in [0.25, 0.3) is 5.91 Å². The Morgan fingerprint density at radius 2 is 2.06 bits per heavy atom. The van der Waals surface area contributed by atoms with Crippen molar-refractivity contribution in [3.05, 3.63) is 48.5 Å². The number of nitrogens with one attached hydrogen (secondary N) is 1. The van der Waals surface area contributed by atoms with Crippen molar-refractivity contribution in [3.8, 4) is 11.1 Å². The van der Waals surface area contributed by atoms with E-state index in [1.54, 1.807) is 22.9 Å². The lowest BCUT2D eigenvalue weighted by Gasteiger charge is -2.25. The molecule has 3 heterocycles. The van der Waals surface area contributed by atoms with E-state index in [0.29, 0.717) is 41.4 Å². The molecule has 8 nitrogen and oxygen atoms in total. The predicted octanol–water partition coefficient (Wildman–Crippen LogP) is 2.93. The Balaban J connectivity index is 1.62. The third-order valence-electron chi connectivity index (χ3n) is 5.19. The van der Waals surface area contributed by atoms with Gasteiger partial charge in [0.2, 0.25) is 0 Å². The number of amides is 1. The summed E-state index contributed by atoms with van der Waals surface area (Å²) in [5.41, 5.74) is -3.04. The lowest BCUT2D eigenvalue weighted by Crippen LogP contribution is -2.46. The third kappa shape index (κ3) is 4.12. The van der Waals surface area contributed by atoms with Gasteiger partial charge in [-0.15, -0.1) is 0 Å². The minimum Gasteiger partial charge on any atom is -0.364 e. The number of benzene rings is 1. The first-order chi connectivity index (χ1) is 14.7. The highest BCUT2D eigenvalue weighted by Crippen LogP contribution is 2.28. The summed E-state index contributed by atoms with van der Waals surface area (Å²) in [6.07, 6.45) is 5.41. The Kier molecular flexibility index (Phi) is 5.43. The standard InChI is InChI=1S/C19H17F3N4O4S/c20-19(21,22)31(28,29)25-10-14-2-1-7-26(14)18(27)15-5-6-23-17-4-3-12(8-16(15)17)13-9-24-30-11-13/h3-6,8-9,11,14,25H,1-2,7,10H2/t14-/m0/s1. The van der Waals surface area contributed by atoms with Gasteiger partial charge in [-0.25, -0.2) is 13.1 Å². The van der Waals surface area contributed by atoms with Crippen molar-refractivity contribution in [1.82, 2.24) is 19.8 Å². The first-order valence-electron chi connectivity index (χ1n) is 9.33.